The SMILES string of the molecule is Nc1cc[n+](CCc2c[nH]c3ccccc23)cc1. The topological polar surface area (TPSA) is 45.7 Å². The van der Waals surface area contributed by atoms with Crippen molar-refractivity contribution in [1.82, 2.24) is 4.98 Å². The number of aryl methyl sites for hydroxylation is 2. The number of aromatic amines is 1. The predicted octanol–water partition coefficient (Wildman–Crippen LogP) is 2.28. The Kier molecular flexibility index (Phi) is 2.73. The van der Waals surface area contributed by atoms with E-state index in [-0.39, 0.29) is 0 Å². The maximum absolute atomic E-state index is 5.67. The molecule has 0 fully saturated rings. The first kappa shape index (κ1) is 10.8. The van der Waals surface area contributed by atoms with Gasteiger partial charge in [-0.05, 0) is 11.6 Å². The van der Waals surface area contributed by atoms with Gasteiger partial charge in [0.25, 0.3) is 0 Å². The van der Waals surface area contributed by atoms with Gasteiger partial charge >= 0.3 is 0 Å². The van der Waals surface area contributed by atoms with Gasteiger partial charge < -0.3 is 10.7 Å². The van der Waals surface area contributed by atoms with E-state index in [1.807, 2.05) is 24.5 Å². The van der Waals surface area contributed by atoms with E-state index in [1.54, 1.807) is 0 Å². The molecule has 0 aliphatic carbocycles. The van der Waals surface area contributed by atoms with E-state index in [0.29, 0.717) is 0 Å². The third kappa shape index (κ3) is 2.07. The fourth-order valence-corrected chi connectivity index (χ4v) is 2.21. The van der Waals surface area contributed by atoms with Crippen molar-refractivity contribution in [2.24, 2.45) is 0 Å². The molecule has 2 heterocycles. The molecule has 0 spiro atoms. The number of fused-ring (bicyclic) bond motifs is 1. The normalized spacial score (nSPS) is 10.9. The highest BCUT2D eigenvalue weighted by atomic mass is 14.9. The first-order valence-electron chi connectivity index (χ1n) is 6.12. The molecule has 0 saturated heterocycles. The van der Waals surface area contributed by atoms with Gasteiger partial charge in [-0.1, -0.05) is 18.2 Å². The molecule has 0 atom stereocenters. The van der Waals surface area contributed by atoms with Crippen LogP contribution in [-0.2, 0) is 13.0 Å². The van der Waals surface area contributed by atoms with E-state index in [0.717, 1.165) is 18.7 Å². The van der Waals surface area contributed by atoms with Crippen LogP contribution in [0.2, 0.25) is 0 Å². The summed E-state index contributed by atoms with van der Waals surface area (Å²) in [6.45, 7) is 0.960. The van der Waals surface area contributed by atoms with E-state index in [4.69, 9.17) is 5.73 Å². The molecular weight excluding hydrogens is 222 g/mol. The minimum Gasteiger partial charge on any atom is -0.398 e. The number of hydrogen-bond donors (Lipinski definition) is 2. The molecule has 0 saturated carbocycles. The molecule has 2 aromatic heterocycles. The minimum atomic E-state index is 0.804. The lowest BCUT2D eigenvalue weighted by Gasteiger charge is -1.98. The number of aromatic nitrogens is 2. The molecule has 0 aliphatic heterocycles. The zero-order chi connectivity index (χ0) is 12.4. The number of rotatable bonds is 3. The smallest absolute Gasteiger partial charge is 0.170 e. The molecule has 3 N–H and O–H groups in total. The molecule has 1 aromatic carbocycles. The molecule has 3 aromatic rings. The van der Waals surface area contributed by atoms with Crippen molar-refractivity contribution in [3.8, 4) is 0 Å². The van der Waals surface area contributed by atoms with Gasteiger partial charge in [-0.15, -0.1) is 0 Å². The maximum atomic E-state index is 5.67. The molecule has 0 radical (unpaired) electrons. The lowest BCUT2D eigenvalue weighted by atomic mass is 10.1. The van der Waals surface area contributed by atoms with Crippen LogP contribution in [0.3, 0.4) is 0 Å². The van der Waals surface area contributed by atoms with Crippen LogP contribution in [0, 0.1) is 0 Å². The average molecular weight is 238 g/mol. The molecule has 90 valence electrons. The maximum Gasteiger partial charge on any atom is 0.170 e. The number of nitrogens with two attached hydrogens (primary N) is 1. The fraction of sp³-hybridized carbons (Fsp3) is 0.133. The van der Waals surface area contributed by atoms with Crippen LogP contribution < -0.4 is 10.3 Å². The van der Waals surface area contributed by atoms with E-state index in [1.165, 1.54) is 16.5 Å². The highest BCUT2D eigenvalue weighted by molar-refractivity contribution is 5.82. The molecule has 3 heteroatoms. The number of nitrogens with one attached hydrogen (secondary N) is 1. The van der Waals surface area contributed by atoms with Crippen molar-refractivity contribution in [2.75, 3.05) is 5.73 Å². The third-order valence-electron chi connectivity index (χ3n) is 3.23. The summed E-state index contributed by atoms with van der Waals surface area (Å²) in [5, 5.41) is 1.31. The number of nitrogen functional groups attached to an aromatic ring is 1. The number of nitrogens with zero attached hydrogens (tertiary/aromatic N) is 1. The summed E-state index contributed by atoms with van der Waals surface area (Å²) in [5.41, 5.74) is 9.04. The number of para-hydroxylation sites is 1. The first-order chi connectivity index (χ1) is 8.83. The molecular formula is C15H16N3+. The summed E-state index contributed by atoms with van der Waals surface area (Å²) in [6, 6.07) is 12.3. The van der Waals surface area contributed by atoms with Crippen LogP contribution in [0.1, 0.15) is 5.56 Å². The van der Waals surface area contributed by atoms with Crippen molar-refractivity contribution >= 4 is 16.6 Å². The first-order valence-corrected chi connectivity index (χ1v) is 6.12. The second kappa shape index (κ2) is 4.53. The van der Waals surface area contributed by atoms with Gasteiger partial charge in [0.15, 0.2) is 18.9 Å². The molecule has 3 rings (SSSR count). The van der Waals surface area contributed by atoms with Crippen molar-refractivity contribution in [3.63, 3.8) is 0 Å². The molecule has 0 amide bonds. The van der Waals surface area contributed by atoms with Crippen LogP contribution in [0.25, 0.3) is 10.9 Å². The second-order valence-corrected chi connectivity index (χ2v) is 4.48. The Morgan fingerprint density at radius 3 is 2.67 bits per heavy atom. The van der Waals surface area contributed by atoms with Crippen LogP contribution >= 0.6 is 0 Å². The molecule has 0 unspecified atom stereocenters. The Bertz CT molecular complexity index is 653. The van der Waals surface area contributed by atoms with Gasteiger partial charge in [-0.25, -0.2) is 4.57 Å². The zero-order valence-corrected chi connectivity index (χ0v) is 10.1. The number of anilines is 1. The van der Waals surface area contributed by atoms with Crippen molar-refractivity contribution in [2.45, 2.75) is 13.0 Å². The summed E-state index contributed by atoms with van der Waals surface area (Å²) in [7, 11) is 0. The van der Waals surface area contributed by atoms with E-state index < -0.39 is 0 Å². The Labute approximate surface area is 106 Å². The van der Waals surface area contributed by atoms with E-state index in [2.05, 4.69) is 40.0 Å². The summed E-state index contributed by atoms with van der Waals surface area (Å²) in [6.07, 6.45) is 7.15. The third-order valence-corrected chi connectivity index (χ3v) is 3.23. The van der Waals surface area contributed by atoms with Crippen molar-refractivity contribution in [1.29, 1.82) is 0 Å². The van der Waals surface area contributed by atoms with Crippen LogP contribution in [-0.4, -0.2) is 4.98 Å². The quantitative estimate of drug-likeness (QED) is 0.676. The Balaban J connectivity index is 1.79. The second-order valence-electron chi connectivity index (χ2n) is 4.48. The molecule has 18 heavy (non-hydrogen) atoms. The predicted molar refractivity (Wildman–Crippen MR) is 73.1 cm³/mol. The van der Waals surface area contributed by atoms with Crippen LogP contribution in [0.5, 0.6) is 0 Å². The fourth-order valence-electron chi connectivity index (χ4n) is 2.21. The monoisotopic (exact) mass is 238 g/mol. The summed E-state index contributed by atoms with van der Waals surface area (Å²) in [4.78, 5) is 3.30. The minimum absolute atomic E-state index is 0.804. The molecule has 0 aliphatic rings. The molecule has 3 nitrogen and oxygen atoms in total. The number of pyridine rings is 1. The highest BCUT2D eigenvalue weighted by Crippen LogP contribution is 2.17. The van der Waals surface area contributed by atoms with Gasteiger partial charge in [0.05, 0.1) is 0 Å². The van der Waals surface area contributed by atoms with Crippen LogP contribution in [0.15, 0.2) is 55.0 Å². The zero-order valence-electron chi connectivity index (χ0n) is 10.1. The summed E-state index contributed by atoms with van der Waals surface area (Å²) < 4.78 is 2.15. The summed E-state index contributed by atoms with van der Waals surface area (Å²) in [5.74, 6) is 0. The Morgan fingerprint density at radius 1 is 1.06 bits per heavy atom. The Hall–Kier alpha value is -2.29. The standard InChI is InChI=1S/C15H15N3/c16-13-6-9-18(10-7-13)8-5-12-11-17-15-4-2-1-3-14(12)15/h1-4,6-7,9-11,16-17H,5,8H2/p+1. The number of H-pyrrole nitrogens is 1. The van der Waals surface area contributed by atoms with Gasteiger partial charge in [-0.2, -0.15) is 0 Å². The van der Waals surface area contributed by atoms with Crippen molar-refractivity contribution in [3.05, 3.63) is 60.6 Å². The average Bonchev–Trinajstić information content (AvgIpc) is 2.82. The molecule has 0 bridgehead atoms. The van der Waals surface area contributed by atoms with Crippen LogP contribution in [0.4, 0.5) is 5.69 Å². The van der Waals surface area contributed by atoms with E-state index in [9.17, 15) is 0 Å². The summed E-state index contributed by atoms with van der Waals surface area (Å²) >= 11 is 0. The lowest BCUT2D eigenvalue weighted by molar-refractivity contribution is -0.696. The lowest BCUT2D eigenvalue weighted by Crippen LogP contribution is -2.33. The van der Waals surface area contributed by atoms with E-state index >= 15 is 0 Å². The highest BCUT2D eigenvalue weighted by Gasteiger charge is 2.06. The number of hydrogen-bond acceptors (Lipinski definition) is 1. The Morgan fingerprint density at radius 2 is 1.83 bits per heavy atom. The van der Waals surface area contributed by atoms with Gasteiger partial charge in [0, 0.05) is 41.3 Å². The van der Waals surface area contributed by atoms with Crippen molar-refractivity contribution < 1.29 is 4.57 Å². The van der Waals surface area contributed by atoms with Gasteiger partial charge in [0.2, 0.25) is 0 Å². The number of benzene rings is 1. The largest absolute Gasteiger partial charge is 0.398 e. The van der Waals surface area contributed by atoms with Gasteiger partial charge in [-0.3, -0.25) is 0 Å². The van der Waals surface area contributed by atoms with Gasteiger partial charge in [0.1, 0.15) is 0 Å².